The van der Waals surface area contributed by atoms with E-state index in [0.29, 0.717) is 11.3 Å². The van der Waals surface area contributed by atoms with E-state index in [9.17, 15) is 13.6 Å². The second-order valence-electron chi connectivity index (χ2n) is 7.18. The van der Waals surface area contributed by atoms with Crippen molar-refractivity contribution in [3.8, 4) is 11.3 Å². The molecule has 0 unspecified atom stereocenters. The summed E-state index contributed by atoms with van der Waals surface area (Å²) in [6.45, 7) is 3.69. The fraction of sp³-hybridized carbons (Fsp3) is 0.500. The number of aromatic amines is 1. The van der Waals surface area contributed by atoms with Gasteiger partial charge in [-0.15, -0.1) is 0 Å². The summed E-state index contributed by atoms with van der Waals surface area (Å²) >= 11 is 0. The van der Waals surface area contributed by atoms with Gasteiger partial charge in [0.25, 0.3) is 0 Å². The highest BCUT2D eigenvalue weighted by atomic mass is 19.2. The average molecular weight is 376 g/mol. The first-order valence-electron chi connectivity index (χ1n) is 9.53. The molecule has 3 rings (SSSR count). The molecule has 0 radical (unpaired) electrons. The highest BCUT2D eigenvalue weighted by molar-refractivity contribution is 5.79. The molecule has 5 nitrogen and oxygen atoms in total. The lowest BCUT2D eigenvalue weighted by Gasteiger charge is -2.35. The molecular formula is C20H26F2N4O. The third-order valence-corrected chi connectivity index (χ3v) is 5.34. The zero-order valence-electron chi connectivity index (χ0n) is 15.5. The fourth-order valence-corrected chi connectivity index (χ4v) is 3.74. The third kappa shape index (κ3) is 4.53. The number of nitrogens with one attached hydrogen (secondary N) is 1. The van der Waals surface area contributed by atoms with Gasteiger partial charge in [-0.25, -0.2) is 13.8 Å². The number of amides is 1. The quantitative estimate of drug-likeness (QED) is 0.776. The largest absolute Gasteiger partial charge is 0.368 e. The summed E-state index contributed by atoms with van der Waals surface area (Å²) in [4.78, 5) is 21.6. The highest BCUT2D eigenvalue weighted by Crippen LogP contribution is 2.29. The number of H-pyrrole nitrogens is 1. The van der Waals surface area contributed by atoms with Crippen molar-refractivity contribution in [3.05, 3.63) is 41.9 Å². The van der Waals surface area contributed by atoms with Crippen molar-refractivity contribution in [3.63, 3.8) is 0 Å². The Hall–Kier alpha value is -2.28. The number of primary amides is 1. The Kier molecular flexibility index (Phi) is 6.21. The number of hydrogen-bond acceptors (Lipinski definition) is 3. The second-order valence-corrected chi connectivity index (χ2v) is 7.18. The number of hydrogen-bond donors (Lipinski definition) is 2. The van der Waals surface area contributed by atoms with E-state index < -0.39 is 11.6 Å². The summed E-state index contributed by atoms with van der Waals surface area (Å²) in [5.41, 5.74) is 6.83. The van der Waals surface area contributed by atoms with Crippen LogP contribution in [0.15, 0.2) is 24.4 Å². The molecule has 1 aromatic heterocycles. The van der Waals surface area contributed by atoms with E-state index in [0.717, 1.165) is 57.1 Å². The zero-order chi connectivity index (χ0) is 19.4. The van der Waals surface area contributed by atoms with Gasteiger partial charge in [-0.3, -0.25) is 9.69 Å². The van der Waals surface area contributed by atoms with E-state index in [2.05, 4.69) is 21.8 Å². The van der Waals surface area contributed by atoms with Gasteiger partial charge >= 0.3 is 0 Å². The molecule has 1 saturated heterocycles. The van der Waals surface area contributed by atoms with Gasteiger partial charge in [0, 0.05) is 11.5 Å². The Morgan fingerprint density at radius 1 is 1.33 bits per heavy atom. The first-order valence-corrected chi connectivity index (χ1v) is 9.53. The van der Waals surface area contributed by atoms with Gasteiger partial charge in [0.2, 0.25) is 5.91 Å². The van der Waals surface area contributed by atoms with Crippen LogP contribution in [-0.4, -0.2) is 39.9 Å². The van der Waals surface area contributed by atoms with Crippen LogP contribution in [0.2, 0.25) is 0 Å². The van der Waals surface area contributed by atoms with E-state index in [-0.39, 0.29) is 17.9 Å². The normalized spacial score (nSPS) is 17.1. The number of aromatic nitrogens is 2. The Bertz CT molecular complexity index is 784. The van der Waals surface area contributed by atoms with Crippen LogP contribution in [0.5, 0.6) is 0 Å². The molecule has 0 saturated carbocycles. The Labute approximate surface area is 158 Å². The van der Waals surface area contributed by atoms with Crippen LogP contribution >= 0.6 is 0 Å². The molecule has 146 valence electrons. The lowest BCUT2D eigenvalue weighted by Crippen LogP contribution is -2.48. The number of carbonyl (C=O) groups is 1. The maximum absolute atomic E-state index is 13.4. The molecule has 0 bridgehead atoms. The van der Waals surface area contributed by atoms with Crippen LogP contribution < -0.4 is 5.73 Å². The Morgan fingerprint density at radius 2 is 2.07 bits per heavy atom. The van der Waals surface area contributed by atoms with Crippen molar-refractivity contribution >= 4 is 5.91 Å². The maximum atomic E-state index is 13.4. The van der Waals surface area contributed by atoms with Crippen molar-refractivity contribution < 1.29 is 13.6 Å². The number of rotatable bonds is 7. The predicted molar refractivity (Wildman–Crippen MR) is 100.0 cm³/mol. The number of benzene rings is 1. The van der Waals surface area contributed by atoms with Crippen molar-refractivity contribution in [2.24, 2.45) is 5.73 Å². The summed E-state index contributed by atoms with van der Waals surface area (Å²) in [7, 11) is 0. The molecule has 1 aromatic carbocycles. The third-order valence-electron chi connectivity index (χ3n) is 5.34. The van der Waals surface area contributed by atoms with Crippen LogP contribution in [0.4, 0.5) is 8.78 Å². The van der Waals surface area contributed by atoms with Gasteiger partial charge in [-0.2, -0.15) is 0 Å². The number of imidazole rings is 1. The van der Waals surface area contributed by atoms with Crippen molar-refractivity contribution in [2.75, 3.05) is 13.1 Å². The van der Waals surface area contributed by atoms with Crippen molar-refractivity contribution in [1.82, 2.24) is 14.9 Å². The minimum atomic E-state index is -0.874. The van der Waals surface area contributed by atoms with E-state index in [1.807, 2.05) is 0 Å². The lowest BCUT2D eigenvalue weighted by atomic mass is 9.94. The molecule has 7 heteroatoms. The molecular weight excluding hydrogens is 350 g/mol. The smallest absolute Gasteiger partial charge is 0.234 e. The number of unbranched alkanes of at least 4 members (excludes halogenated alkanes) is 1. The summed E-state index contributed by atoms with van der Waals surface area (Å²) in [5.74, 6) is -0.890. The fourth-order valence-electron chi connectivity index (χ4n) is 3.74. The van der Waals surface area contributed by atoms with E-state index in [1.165, 1.54) is 12.1 Å². The van der Waals surface area contributed by atoms with Crippen molar-refractivity contribution in [2.45, 2.75) is 51.0 Å². The molecule has 1 aliphatic heterocycles. The van der Waals surface area contributed by atoms with Gasteiger partial charge in [0.05, 0.1) is 17.9 Å². The molecule has 2 aromatic rings. The number of halogens is 2. The highest BCUT2D eigenvalue weighted by Gasteiger charge is 2.29. The predicted octanol–water partition coefficient (Wildman–Crippen LogP) is 3.58. The van der Waals surface area contributed by atoms with Crippen LogP contribution in [0, 0.1) is 11.6 Å². The first kappa shape index (κ1) is 19.5. The SMILES string of the molecule is CCCC[C@H](C(N)=O)N1CCC(c2ncc(-c3ccc(F)c(F)c3)[nH]2)CC1. The number of nitrogens with two attached hydrogens (primary N) is 1. The number of piperidine rings is 1. The first-order chi connectivity index (χ1) is 13.0. The second kappa shape index (κ2) is 8.61. The van der Waals surface area contributed by atoms with Gasteiger partial charge in [-0.1, -0.05) is 19.8 Å². The van der Waals surface area contributed by atoms with Gasteiger partial charge < -0.3 is 10.7 Å². The molecule has 2 heterocycles. The van der Waals surface area contributed by atoms with Crippen LogP contribution in [-0.2, 0) is 4.79 Å². The summed E-state index contributed by atoms with van der Waals surface area (Å²) in [6, 6.07) is 3.62. The lowest BCUT2D eigenvalue weighted by molar-refractivity contribution is -0.124. The Morgan fingerprint density at radius 3 is 2.70 bits per heavy atom. The molecule has 1 aliphatic rings. The van der Waals surface area contributed by atoms with Gasteiger partial charge in [-0.05, 0) is 50.6 Å². The molecule has 1 atom stereocenters. The molecule has 1 fully saturated rings. The summed E-state index contributed by atoms with van der Waals surface area (Å²) in [5, 5.41) is 0. The van der Waals surface area contributed by atoms with E-state index in [1.54, 1.807) is 6.20 Å². The van der Waals surface area contributed by atoms with Crippen molar-refractivity contribution in [1.29, 1.82) is 0 Å². The molecule has 1 amide bonds. The van der Waals surface area contributed by atoms with Gasteiger partial charge in [0.15, 0.2) is 11.6 Å². The Balaban J connectivity index is 1.64. The van der Waals surface area contributed by atoms with E-state index in [4.69, 9.17) is 5.73 Å². The van der Waals surface area contributed by atoms with Gasteiger partial charge in [0.1, 0.15) is 5.82 Å². The molecule has 27 heavy (non-hydrogen) atoms. The van der Waals surface area contributed by atoms with E-state index >= 15 is 0 Å². The average Bonchev–Trinajstić information content (AvgIpc) is 3.15. The minimum absolute atomic E-state index is 0.194. The molecule has 0 aliphatic carbocycles. The number of carbonyl (C=O) groups excluding carboxylic acids is 1. The van der Waals surface area contributed by atoms with Crippen LogP contribution in [0.1, 0.15) is 50.8 Å². The van der Waals surface area contributed by atoms with Crippen LogP contribution in [0.25, 0.3) is 11.3 Å². The number of nitrogens with zero attached hydrogens (tertiary/aromatic N) is 2. The van der Waals surface area contributed by atoms with Crippen LogP contribution in [0.3, 0.4) is 0 Å². The molecule has 0 spiro atoms. The summed E-state index contributed by atoms with van der Waals surface area (Å²) < 4.78 is 26.6. The number of likely N-dealkylation sites (tertiary alicyclic amines) is 1. The summed E-state index contributed by atoms with van der Waals surface area (Å²) in [6.07, 6.45) is 6.24. The molecule has 3 N–H and O–H groups in total. The minimum Gasteiger partial charge on any atom is -0.368 e. The topological polar surface area (TPSA) is 75.0 Å². The standard InChI is InChI=1S/C20H26F2N4O/c1-2-3-4-18(19(23)27)26-9-7-13(8-10-26)20-24-12-17(25-20)14-5-6-15(21)16(22)11-14/h5-6,11-13,18H,2-4,7-10H2,1H3,(H2,23,27)(H,24,25)/t18-/m1/s1. The maximum Gasteiger partial charge on any atom is 0.234 e. The monoisotopic (exact) mass is 376 g/mol. The zero-order valence-corrected chi connectivity index (χ0v) is 15.5.